The molecule has 2 aromatic rings. The molecule has 0 radical (unpaired) electrons. The summed E-state index contributed by atoms with van der Waals surface area (Å²) in [5, 5.41) is 9.66. The Morgan fingerprint density at radius 2 is 2.38 bits per heavy atom. The lowest BCUT2D eigenvalue weighted by Gasteiger charge is -2.09. The molecule has 0 amide bonds. The first-order chi connectivity index (χ1) is 6.33. The van der Waals surface area contributed by atoms with Crippen LogP contribution >= 0.6 is 0 Å². The summed E-state index contributed by atoms with van der Waals surface area (Å²) in [6.07, 6.45) is 7.08. The van der Waals surface area contributed by atoms with Crippen LogP contribution in [0.2, 0.25) is 0 Å². The van der Waals surface area contributed by atoms with Gasteiger partial charge in [-0.05, 0) is 6.42 Å². The van der Waals surface area contributed by atoms with Gasteiger partial charge >= 0.3 is 0 Å². The van der Waals surface area contributed by atoms with Crippen LogP contribution in [0.25, 0.3) is 5.65 Å². The monoisotopic (exact) mass is 177 g/mol. The summed E-state index contributed by atoms with van der Waals surface area (Å²) in [5.41, 5.74) is 1.56. The van der Waals surface area contributed by atoms with Crippen LogP contribution in [0.1, 0.15) is 25.1 Å². The number of rotatable bonds is 2. The molecule has 0 fully saturated rings. The summed E-state index contributed by atoms with van der Waals surface area (Å²) >= 11 is 0. The van der Waals surface area contributed by atoms with Crippen molar-refractivity contribution >= 4 is 5.65 Å². The Bertz CT molecular complexity index is 410. The lowest BCUT2D eigenvalue weighted by Crippen LogP contribution is -2.03. The van der Waals surface area contributed by atoms with Crippen LogP contribution in [0.4, 0.5) is 0 Å². The number of fused-ring (bicyclic) bond motifs is 1. The summed E-state index contributed by atoms with van der Waals surface area (Å²) in [4.78, 5) is 8.10. The molecular formula is C9H11N3O. The van der Waals surface area contributed by atoms with Crippen molar-refractivity contribution in [2.75, 3.05) is 0 Å². The van der Waals surface area contributed by atoms with E-state index in [0.717, 1.165) is 11.3 Å². The molecule has 68 valence electrons. The topological polar surface area (TPSA) is 50.4 Å². The van der Waals surface area contributed by atoms with Crippen molar-refractivity contribution in [1.82, 2.24) is 14.4 Å². The average Bonchev–Trinajstić information content (AvgIpc) is 2.63. The van der Waals surface area contributed by atoms with Crippen LogP contribution in [0.5, 0.6) is 0 Å². The minimum absolute atomic E-state index is 0.467. The first-order valence-electron chi connectivity index (χ1n) is 4.28. The van der Waals surface area contributed by atoms with Crippen LogP contribution in [-0.2, 0) is 0 Å². The molecule has 0 bridgehead atoms. The van der Waals surface area contributed by atoms with Crippen molar-refractivity contribution < 1.29 is 5.11 Å². The van der Waals surface area contributed by atoms with E-state index in [0.29, 0.717) is 6.42 Å². The molecule has 1 atom stereocenters. The van der Waals surface area contributed by atoms with Gasteiger partial charge in [0.2, 0.25) is 0 Å². The van der Waals surface area contributed by atoms with E-state index in [9.17, 15) is 5.11 Å². The van der Waals surface area contributed by atoms with E-state index in [4.69, 9.17) is 0 Å². The second kappa shape index (κ2) is 3.14. The molecular weight excluding hydrogens is 166 g/mol. The number of aliphatic hydroxyl groups excluding tert-OH is 1. The third-order valence-corrected chi connectivity index (χ3v) is 2.07. The molecule has 13 heavy (non-hydrogen) atoms. The molecule has 0 spiro atoms. The van der Waals surface area contributed by atoms with Crippen LogP contribution < -0.4 is 0 Å². The van der Waals surface area contributed by atoms with Gasteiger partial charge < -0.3 is 5.11 Å². The second-order valence-corrected chi connectivity index (χ2v) is 2.91. The van der Waals surface area contributed by atoms with Gasteiger partial charge in [0, 0.05) is 18.6 Å². The van der Waals surface area contributed by atoms with Crippen LogP contribution in [0.3, 0.4) is 0 Å². The standard InChI is InChI=1S/C9H11N3O/c1-2-8(13)7-5-10-6-9-11-3-4-12(7)9/h3-6,8,13H,2H2,1H3. The van der Waals surface area contributed by atoms with E-state index in [1.165, 1.54) is 0 Å². The molecule has 0 aliphatic rings. The minimum Gasteiger partial charge on any atom is -0.387 e. The first kappa shape index (κ1) is 8.19. The third-order valence-electron chi connectivity index (χ3n) is 2.07. The summed E-state index contributed by atoms with van der Waals surface area (Å²) in [5.74, 6) is 0. The van der Waals surface area contributed by atoms with Gasteiger partial charge in [-0.2, -0.15) is 0 Å². The van der Waals surface area contributed by atoms with Crippen LogP contribution in [-0.4, -0.2) is 19.5 Å². The number of hydrogen-bond donors (Lipinski definition) is 1. The molecule has 0 saturated carbocycles. The quantitative estimate of drug-likeness (QED) is 0.749. The Hall–Kier alpha value is -1.42. The smallest absolute Gasteiger partial charge is 0.155 e. The molecule has 1 N–H and O–H groups in total. The van der Waals surface area contributed by atoms with E-state index in [2.05, 4.69) is 9.97 Å². The molecule has 4 heteroatoms. The highest BCUT2D eigenvalue weighted by molar-refractivity contribution is 5.36. The Labute approximate surface area is 75.9 Å². The minimum atomic E-state index is -0.467. The fourth-order valence-electron chi connectivity index (χ4n) is 1.33. The summed E-state index contributed by atoms with van der Waals surface area (Å²) in [6, 6.07) is 0. The maximum atomic E-state index is 9.66. The van der Waals surface area contributed by atoms with Crippen molar-refractivity contribution in [2.24, 2.45) is 0 Å². The predicted molar refractivity (Wildman–Crippen MR) is 48.2 cm³/mol. The van der Waals surface area contributed by atoms with Gasteiger partial charge in [-0.1, -0.05) is 6.92 Å². The zero-order chi connectivity index (χ0) is 9.26. The highest BCUT2D eigenvalue weighted by atomic mass is 16.3. The molecule has 2 aromatic heterocycles. The fraction of sp³-hybridized carbons (Fsp3) is 0.333. The zero-order valence-corrected chi connectivity index (χ0v) is 7.38. The van der Waals surface area contributed by atoms with Crippen LogP contribution in [0, 0.1) is 0 Å². The number of aliphatic hydroxyl groups is 1. The van der Waals surface area contributed by atoms with E-state index in [-0.39, 0.29) is 0 Å². The Morgan fingerprint density at radius 1 is 1.54 bits per heavy atom. The first-order valence-corrected chi connectivity index (χ1v) is 4.28. The molecule has 2 heterocycles. The van der Waals surface area contributed by atoms with E-state index >= 15 is 0 Å². The van der Waals surface area contributed by atoms with Crippen molar-refractivity contribution in [3.8, 4) is 0 Å². The largest absolute Gasteiger partial charge is 0.387 e. The Morgan fingerprint density at radius 3 is 3.15 bits per heavy atom. The lowest BCUT2D eigenvalue weighted by molar-refractivity contribution is 0.167. The Kier molecular flexibility index (Phi) is 1.98. The van der Waals surface area contributed by atoms with Gasteiger partial charge in [-0.15, -0.1) is 0 Å². The second-order valence-electron chi connectivity index (χ2n) is 2.91. The van der Waals surface area contributed by atoms with E-state index in [1.807, 2.05) is 17.5 Å². The molecule has 0 aromatic carbocycles. The number of hydrogen-bond acceptors (Lipinski definition) is 3. The molecule has 0 aliphatic heterocycles. The molecule has 4 nitrogen and oxygen atoms in total. The highest BCUT2D eigenvalue weighted by Crippen LogP contribution is 2.15. The van der Waals surface area contributed by atoms with Crippen molar-refractivity contribution in [3.63, 3.8) is 0 Å². The number of aromatic nitrogens is 3. The van der Waals surface area contributed by atoms with Crippen molar-refractivity contribution in [3.05, 3.63) is 30.5 Å². The summed E-state index contributed by atoms with van der Waals surface area (Å²) in [7, 11) is 0. The molecule has 2 rings (SSSR count). The molecule has 0 aliphatic carbocycles. The fourth-order valence-corrected chi connectivity index (χ4v) is 1.33. The Balaban J connectivity index is 2.60. The van der Waals surface area contributed by atoms with Crippen molar-refractivity contribution in [1.29, 1.82) is 0 Å². The normalized spacial score (nSPS) is 13.4. The van der Waals surface area contributed by atoms with Gasteiger partial charge in [0.1, 0.15) is 0 Å². The van der Waals surface area contributed by atoms with E-state index in [1.54, 1.807) is 18.6 Å². The SMILES string of the molecule is CCC(O)c1cncc2nccn12. The summed E-state index contributed by atoms with van der Waals surface area (Å²) in [6.45, 7) is 1.93. The van der Waals surface area contributed by atoms with Gasteiger partial charge in [-0.3, -0.25) is 9.38 Å². The van der Waals surface area contributed by atoms with E-state index < -0.39 is 6.10 Å². The zero-order valence-electron chi connectivity index (χ0n) is 7.38. The molecule has 0 saturated heterocycles. The number of imidazole rings is 1. The maximum absolute atomic E-state index is 9.66. The van der Waals surface area contributed by atoms with Crippen molar-refractivity contribution in [2.45, 2.75) is 19.4 Å². The third kappa shape index (κ3) is 1.29. The van der Waals surface area contributed by atoms with Crippen LogP contribution in [0.15, 0.2) is 24.8 Å². The lowest BCUT2D eigenvalue weighted by atomic mass is 10.2. The van der Waals surface area contributed by atoms with Gasteiger partial charge in [0.25, 0.3) is 0 Å². The van der Waals surface area contributed by atoms with Gasteiger partial charge in [0.05, 0.1) is 18.0 Å². The van der Waals surface area contributed by atoms with Gasteiger partial charge in [0.15, 0.2) is 5.65 Å². The highest BCUT2D eigenvalue weighted by Gasteiger charge is 2.08. The average molecular weight is 177 g/mol. The maximum Gasteiger partial charge on any atom is 0.155 e. The number of nitrogens with zero attached hydrogens (tertiary/aromatic N) is 3. The predicted octanol–water partition coefficient (Wildman–Crippen LogP) is 1.17. The van der Waals surface area contributed by atoms with Gasteiger partial charge in [-0.25, -0.2) is 4.98 Å². The molecule has 1 unspecified atom stereocenters. The summed E-state index contributed by atoms with van der Waals surface area (Å²) < 4.78 is 1.85.